The average molecular weight is 476 g/mol. The molecule has 0 aliphatic carbocycles. The SMILES string of the molecule is Cc1ncsc1CCOC(=O)c1ccccc1SSCC(CO[N+](=O)[O-])O[N+](=O)[O-]. The van der Waals surface area contributed by atoms with Crippen LogP contribution in [0, 0.1) is 27.2 Å². The van der Waals surface area contributed by atoms with Gasteiger partial charge in [-0.1, -0.05) is 33.7 Å². The zero-order chi connectivity index (χ0) is 21.9. The Morgan fingerprint density at radius 1 is 1.27 bits per heavy atom. The first kappa shape index (κ1) is 23.7. The molecule has 0 saturated carbocycles. The highest BCUT2D eigenvalue weighted by atomic mass is 33.1. The van der Waals surface area contributed by atoms with Gasteiger partial charge >= 0.3 is 5.97 Å². The maximum absolute atomic E-state index is 12.4. The van der Waals surface area contributed by atoms with Crippen LogP contribution in [0.3, 0.4) is 0 Å². The van der Waals surface area contributed by atoms with Gasteiger partial charge in [-0.2, -0.15) is 0 Å². The van der Waals surface area contributed by atoms with Gasteiger partial charge in [0, 0.05) is 21.9 Å². The van der Waals surface area contributed by atoms with E-state index in [4.69, 9.17) is 4.74 Å². The van der Waals surface area contributed by atoms with Crippen LogP contribution in [0.5, 0.6) is 0 Å². The first-order chi connectivity index (χ1) is 14.4. The Morgan fingerprint density at radius 3 is 2.70 bits per heavy atom. The normalized spacial score (nSPS) is 11.5. The molecule has 0 bridgehead atoms. The number of benzene rings is 1. The van der Waals surface area contributed by atoms with E-state index in [1.807, 2.05) is 6.92 Å². The Kier molecular flexibility index (Phi) is 9.63. The molecule has 14 heteroatoms. The van der Waals surface area contributed by atoms with Crippen LogP contribution in [0.25, 0.3) is 0 Å². The number of nitrogens with zero attached hydrogens (tertiary/aromatic N) is 3. The van der Waals surface area contributed by atoms with Gasteiger partial charge in [0.1, 0.15) is 12.7 Å². The van der Waals surface area contributed by atoms with Gasteiger partial charge in [0.2, 0.25) is 0 Å². The van der Waals surface area contributed by atoms with Gasteiger partial charge in [-0.25, -0.2) is 9.78 Å². The summed E-state index contributed by atoms with van der Waals surface area (Å²) in [6, 6.07) is 6.76. The predicted octanol–water partition coefficient (Wildman–Crippen LogP) is 3.38. The van der Waals surface area contributed by atoms with Crippen LogP contribution >= 0.6 is 32.9 Å². The van der Waals surface area contributed by atoms with Crippen molar-refractivity contribution in [2.45, 2.75) is 24.3 Å². The number of aromatic nitrogens is 1. The van der Waals surface area contributed by atoms with E-state index in [1.54, 1.807) is 29.8 Å². The van der Waals surface area contributed by atoms with Gasteiger partial charge in [-0.15, -0.1) is 31.6 Å². The number of carbonyl (C=O) groups is 1. The van der Waals surface area contributed by atoms with Gasteiger partial charge in [0.05, 0.1) is 23.4 Å². The number of thiazole rings is 1. The molecule has 0 fully saturated rings. The highest BCUT2D eigenvalue weighted by Crippen LogP contribution is 2.34. The molecule has 2 aromatic rings. The molecule has 0 spiro atoms. The molecule has 11 nitrogen and oxygen atoms in total. The second kappa shape index (κ2) is 12.2. The Bertz CT molecular complexity index is 879. The molecule has 2 rings (SSSR count). The molecule has 30 heavy (non-hydrogen) atoms. The van der Waals surface area contributed by atoms with Crippen LogP contribution in [-0.4, -0.2) is 46.2 Å². The van der Waals surface area contributed by atoms with Crippen molar-refractivity contribution in [3.63, 3.8) is 0 Å². The first-order valence-corrected chi connectivity index (χ1v) is 11.6. The maximum atomic E-state index is 12.4. The Balaban J connectivity index is 1.88. The van der Waals surface area contributed by atoms with Crippen LogP contribution < -0.4 is 0 Å². The minimum absolute atomic E-state index is 0.0214. The van der Waals surface area contributed by atoms with E-state index in [0.717, 1.165) is 21.4 Å². The summed E-state index contributed by atoms with van der Waals surface area (Å²) in [7, 11) is 2.31. The second-order valence-corrected chi connectivity index (χ2v) is 8.90. The van der Waals surface area contributed by atoms with E-state index in [1.165, 1.54) is 22.1 Å². The lowest BCUT2D eigenvalue weighted by molar-refractivity contribution is -0.788. The lowest BCUT2D eigenvalue weighted by Crippen LogP contribution is -2.26. The van der Waals surface area contributed by atoms with Gasteiger partial charge in [-0.3, -0.25) is 0 Å². The van der Waals surface area contributed by atoms with Crippen LogP contribution in [-0.2, 0) is 20.8 Å². The Labute approximate surface area is 182 Å². The molecule has 0 saturated heterocycles. The summed E-state index contributed by atoms with van der Waals surface area (Å²) in [6.45, 7) is 1.52. The molecule has 0 radical (unpaired) electrons. The number of ether oxygens (including phenoxy) is 1. The maximum Gasteiger partial charge on any atom is 0.339 e. The van der Waals surface area contributed by atoms with Crippen LogP contribution in [0.1, 0.15) is 20.9 Å². The van der Waals surface area contributed by atoms with E-state index in [9.17, 15) is 25.0 Å². The number of rotatable bonds is 13. The topological polar surface area (TPSA) is 144 Å². The molecular formula is C16H17N3O8S3. The molecule has 0 aliphatic rings. The standard InChI is InChI=1S/C16H17N3O8S3/c1-11-14(28-10-17-11)6-7-25-16(20)13-4-2-3-5-15(13)30-29-9-12(27-19(23)24)8-26-18(21)22/h2-5,10,12H,6-9H2,1H3. The molecule has 162 valence electrons. The zero-order valence-corrected chi connectivity index (χ0v) is 18.1. The van der Waals surface area contributed by atoms with Crippen molar-refractivity contribution >= 4 is 38.9 Å². The van der Waals surface area contributed by atoms with Crippen LogP contribution in [0.4, 0.5) is 0 Å². The third-order valence-corrected chi connectivity index (χ3v) is 6.97. The quantitative estimate of drug-likeness (QED) is 0.182. The number of esters is 1. The van der Waals surface area contributed by atoms with Gasteiger partial charge in [-0.05, 0) is 19.1 Å². The second-order valence-electron chi connectivity index (χ2n) is 5.58. The van der Waals surface area contributed by atoms with Crippen LogP contribution in [0.2, 0.25) is 0 Å². The molecule has 0 aliphatic heterocycles. The van der Waals surface area contributed by atoms with Crippen molar-refractivity contribution in [2.75, 3.05) is 19.0 Å². The summed E-state index contributed by atoms with van der Waals surface area (Å²) < 4.78 is 5.35. The third-order valence-electron chi connectivity index (χ3n) is 3.52. The smallest absolute Gasteiger partial charge is 0.339 e. The number of aryl methyl sites for hydroxylation is 1. The van der Waals surface area contributed by atoms with Gasteiger partial charge < -0.3 is 14.4 Å². The van der Waals surface area contributed by atoms with Crippen molar-refractivity contribution in [1.82, 2.24) is 4.98 Å². The fourth-order valence-corrected chi connectivity index (χ4v) is 5.25. The highest BCUT2D eigenvalue weighted by molar-refractivity contribution is 8.76. The third kappa shape index (κ3) is 8.04. The van der Waals surface area contributed by atoms with Gasteiger partial charge in [0.15, 0.2) is 0 Å². The molecule has 1 aromatic carbocycles. The molecule has 0 amide bonds. The summed E-state index contributed by atoms with van der Waals surface area (Å²) in [6.07, 6.45) is -0.562. The molecular weight excluding hydrogens is 458 g/mol. The highest BCUT2D eigenvalue weighted by Gasteiger charge is 2.18. The number of hydrogen-bond donors (Lipinski definition) is 0. The van der Waals surface area contributed by atoms with Crippen molar-refractivity contribution in [1.29, 1.82) is 0 Å². The van der Waals surface area contributed by atoms with Crippen LogP contribution in [0.15, 0.2) is 34.7 Å². The minimum atomic E-state index is -1.13. The van der Waals surface area contributed by atoms with Crippen molar-refractivity contribution in [2.24, 2.45) is 0 Å². The summed E-state index contributed by atoms with van der Waals surface area (Å²) in [5, 5.41) is 18.7. The zero-order valence-electron chi connectivity index (χ0n) is 15.6. The molecule has 1 atom stereocenters. The van der Waals surface area contributed by atoms with E-state index in [-0.39, 0.29) is 12.4 Å². The monoisotopic (exact) mass is 475 g/mol. The van der Waals surface area contributed by atoms with E-state index in [2.05, 4.69) is 14.7 Å². The number of hydrogen-bond acceptors (Lipinski definition) is 12. The van der Waals surface area contributed by atoms with Crippen molar-refractivity contribution in [3.8, 4) is 0 Å². The van der Waals surface area contributed by atoms with E-state index < -0.39 is 28.9 Å². The summed E-state index contributed by atoms with van der Waals surface area (Å²) >= 11 is 1.50. The number of carbonyl (C=O) groups excluding carboxylic acids is 1. The average Bonchev–Trinajstić information content (AvgIpc) is 3.10. The van der Waals surface area contributed by atoms with E-state index >= 15 is 0 Å². The Morgan fingerprint density at radius 2 is 2.03 bits per heavy atom. The summed E-state index contributed by atoms with van der Waals surface area (Å²) in [4.78, 5) is 47.5. The molecule has 1 unspecified atom stereocenters. The molecule has 1 aromatic heterocycles. The predicted molar refractivity (Wildman–Crippen MR) is 110 cm³/mol. The molecule has 1 heterocycles. The summed E-state index contributed by atoms with van der Waals surface area (Å²) in [5.41, 5.74) is 3.00. The summed E-state index contributed by atoms with van der Waals surface area (Å²) in [5.74, 6) is -0.469. The molecule has 0 N–H and O–H groups in total. The lowest BCUT2D eigenvalue weighted by Gasteiger charge is -2.13. The van der Waals surface area contributed by atoms with Gasteiger partial charge in [0.25, 0.3) is 10.2 Å². The fourth-order valence-electron chi connectivity index (χ4n) is 2.14. The van der Waals surface area contributed by atoms with Crippen molar-refractivity contribution in [3.05, 3.63) is 66.1 Å². The van der Waals surface area contributed by atoms with E-state index in [0.29, 0.717) is 16.9 Å². The first-order valence-electron chi connectivity index (χ1n) is 8.40. The fraction of sp³-hybridized carbons (Fsp3) is 0.375. The largest absolute Gasteiger partial charge is 0.462 e. The van der Waals surface area contributed by atoms with Crippen molar-refractivity contribution < 1.29 is 29.4 Å². The lowest BCUT2D eigenvalue weighted by atomic mass is 10.2. The minimum Gasteiger partial charge on any atom is -0.462 e. The Hall–Kier alpha value is -2.58.